The summed E-state index contributed by atoms with van der Waals surface area (Å²) in [4.78, 5) is 12.0. The number of carbonyl (C=O) groups is 1. The van der Waals surface area contributed by atoms with E-state index < -0.39 is 23.7 Å². The molecule has 0 fully saturated rings. The van der Waals surface area contributed by atoms with E-state index in [9.17, 15) is 18.0 Å². The molecule has 0 radical (unpaired) electrons. The molecule has 0 aliphatic heterocycles. The molecule has 27 heavy (non-hydrogen) atoms. The number of nitrogens with one attached hydrogen (secondary N) is 2. The van der Waals surface area contributed by atoms with Crippen molar-refractivity contribution < 1.29 is 22.7 Å². The van der Waals surface area contributed by atoms with E-state index in [-0.39, 0.29) is 5.13 Å². The Labute approximate surface area is 159 Å². The Hall–Kier alpha value is -2.36. The molecule has 1 heterocycles. The van der Waals surface area contributed by atoms with Gasteiger partial charge in [-0.15, -0.1) is 10.2 Å². The number of rotatable bonds is 5. The van der Waals surface area contributed by atoms with Crippen molar-refractivity contribution in [1.29, 1.82) is 0 Å². The van der Waals surface area contributed by atoms with E-state index in [0.29, 0.717) is 17.2 Å². The summed E-state index contributed by atoms with van der Waals surface area (Å²) in [6.45, 7) is 4.22. The molecule has 2 rings (SSSR count). The summed E-state index contributed by atoms with van der Waals surface area (Å²) >= 11 is 1.10. The van der Waals surface area contributed by atoms with Crippen LogP contribution in [-0.2, 0) is 6.42 Å². The lowest BCUT2D eigenvalue weighted by Crippen LogP contribution is -2.54. The predicted molar refractivity (Wildman–Crippen MR) is 97.2 cm³/mol. The number of ether oxygens (including phenoxy) is 1. The number of alkyl halides is 3. The Morgan fingerprint density at radius 1 is 1.26 bits per heavy atom. The molecule has 2 amide bonds. The molecule has 0 aliphatic rings. The van der Waals surface area contributed by atoms with E-state index in [0.717, 1.165) is 16.9 Å². The fourth-order valence-electron chi connectivity index (χ4n) is 2.39. The van der Waals surface area contributed by atoms with Crippen LogP contribution in [0.1, 0.15) is 31.3 Å². The SMILES string of the molecule is COc1cccc(Cc2nnc(NC(=O)NC(C(C)(C)C)C(F)(F)F)s2)c1. The molecule has 2 N–H and O–H groups in total. The van der Waals surface area contributed by atoms with Gasteiger partial charge in [0.1, 0.15) is 16.8 Å². The second-order valence-electron chi connectivity index (χ2n) is 6.97. The Morgan fingerprint density at radius 2 is 1.96 bits per heavy atom. The number of halogens is 3. The molecule has 0 aliphatic carbocycles. The number of urea groups is 1. The van der Waals surface area contributed by atoms with Crippen molar-refractivity contribution in [3.63, 3.8) is 0 Å². The quantitative estimate of drug-likeness (QED) is 0.785. The van der Waals surface area contributed by atoms with E-state index in [1.54, 1.807) is 7.11 Å². The number of hydrogen-bond acceptors (Lipinski definition) is 5. The Kier molecular flexibility index (Phi) is 6.30. The van der Waals surface area contributed by atoms with Crippen LogP contribution in [-0.4, -0.2) is 35.6 Å². The summed E-state index contributed by atoms with van der Waals surface area (Å²) < 4.78 is 44.6. The van der Waals surface area contributed by atoms with Gasteiger partial charge in [0.05, 0.1) is 7.11 Å². The predicted octanol–water partition coefficient (Wildman–Crippen LogP) is 4.24. The lowest BCUT2D eigenvalue weighted by atomic mass is 9.86. The van der Waals surface area contributed by atoms with E-state index in [2.05, 4.69) is 15.5 Å². The maximum absolute atomic E-state index is 13.1. The fraction of sp³-hybridized carbons (Fsp3) is 0.471. The van der Waals surface area contributed by atoms with Crippen molar-refractivity contribution in [1.82, 2.24) is 15.5 Å². The molecule has 0 saturated heterocycles. The van der Waals surface area contributed by atoms with Crippen molar-refractivity contribution >= 4 is 22.5 Å². The van der Waals surface area contributed by atoms with Crippen LogP contribution in [0.2, 0.25) is 0 Å². The number of aromatic nitrogens is 2. The van der Waals surface area contributed by atoms with E-state index in [4.69, 9.17) is 4.74 Å². The number of hydrogen-bond donors (Lipinski definition) is 2. The first-order valence-corrected chi connectivity index (χ1v) is 8.90. The minimum atomic E-state index is -4.56. The van der Waals surface area contributed by atoms with Crippen molar-refractivity contribution in [2.45, 2.75) is 39.4 Å². The monoisotopic (exact) mass is 402 g/mol. The van der Waals surface area contributed by atoms with Crippen molar-refractivity contribution in [2.24, 2.45) is 5.41 Å². The van der Waals surface area contributed by atoms with Crippen molar-refractivity contribution in [3.05, 3.63) is 34.8 Å². The molecule has 148 valence electrons. The van der Waals surface area contributed by atoms with Gasteiger partial charge in [0, 0.05) is 6.42 Å². The van der Waals surface area contributed by atoms with Gasteiger partial charge in [0.25, 0.3) is 0 Å². The number of anilines is 1. The van der Waals surface area contributed by atoms with E-state index in [1.165, 1.54) is 20.8 Å². The van der Waals surface area contributed by atoms with Gasteiger partial charge in [-0.2, -0.15) is 13.2 Å². The van der Waals surface area contributed by atoms with Crippen LogP contribution in [0.4, 0.5) is 23.1 Å². The fourth-order valence-corrected chi connectivity index (χ4v) is 3.16. The molecule has 0 saturated carbocycles. The Balaban J connectivity index is 2.01. The molecule has 2 aromatic rings. The van der Waals surface area contributed by atoms with Gasteiger partial charge in [-0.3, -0.25) is 5.32 Å². The molecule has 6 nitrogen and oxygen atoms in total. The first kappa shape index (κ1) is 20.9. The highest BCUT2D eigenvalue weighted by atomic mass is 32.1. The lowest BCUT2D eigenvalue weighted by Gasteiger charge is -2.32. The zero-order valence-electron chi connectivity index (χ0n) is 15.3. The maximum Gasteiger partial charge on any atom is 0.409 e. The molecule has 1 unspecified atom stereocenters. The summed E-state index contributed by atoms with van der Waals surface area (Å²) in [5, 5.41) is 12.8. The van der Waals surface area contributed by atoms with Gasteiger partial charge in [0.15, 0.2) is 0 Å². The van der Waals surface area contributed by atoms with Crippen molar-refractivity contribution in [3.8, 4) is 5.75 Å². The minimum absolute atomic E-state index is 0.125. The Morgan fingerprint density at radius 3 is 2.56 bits per heavy atom. The van der Waals surface area contributed by atoms with Gasteiger partial charge in [-0.05, 0) is 23.1 Å². The highest BCUT2D eigenvalue weighted by Crippen LogP contribution is 2.33. The highest BCUT2D eigenvalue weighted by molar-refractivity contribution is 7.15. The Bertz CT molecular complexity index is 773. The molecule has 1 aromatic carbocycles. The van der Waals surface area contributed by atoms with Crippen LogP contribution in [0.25, 0.3) is 0 Å². The van der Waals surface area contributed by atoms with Crippen molar-refractivity contribution in [2.75, 3.05) is 12.4 Å². The molecular formula is C17H21F3N4O2S. The van der Waals surface area contributed by atoms with Gasteiger partial charge in [0.2, 0.25) is 5.13 Å². The normalized spacial score (nSPS) is 13.1. The summed E-state index contributed by atoms with van der Waals surface area (Å²) in [5.74, 6) is 0.704. The smallest absolute Gasteiger partial charge is 0.409 e. The minimum Gasteiger partial charge on any atom is -0.497 e. The first-order valence-electron chi connectivity index (χ1n) is 8.08. The third kappa shape index (κ3) is 6.09. The molecule has 1 atom stereocenters. The number of carbonyl (C=O) groups excluding carboxylic acids is 1. The van der Waals surface area contributed by atoms with Crippen LogP contribution in [0.15, 0.2) is 24.3 Å². The molecule has 0 bridgehead atoms. The van der Waals surface area contributed by atoms with E-state index >= 15 is 0 Å². The number of nitrogens with zero attached hydrogens (tertiary/aromatic N) is 2. The third-order valence-electron chi connectivity index (χ3n) is 3.65. The summed E-state index contributed by atoms with van der Waals surface area (Å²) in [5.41, 5.74) is -0.250. The summed E-state index contributed by atoms with van der Waals surface area (Å²) in [7, 11) is 1.57. The topological polar surface area (TPSA) is 76.1 Å². The second-order valence-corrected chi connectivity index (χ2v) is 8.03. The van der Waals surface area contributed by atoms with Gasteiger partial charge in [-0.25, -0.2) is 4.79 Å². The third-order valence-corrected chi connectivity index (χ3v) is 4.48. The zero-order chi connectivity index (χ0) is 20.2. The zero-order valence-corrected chi connectivity index (χ0v) is 16.2. The number of amides is 2. The second kappa shape index (κ2) is 8.12. The first-order chi connectivity index (χ1) is 12.5. The van der Waals surface area contributed by atoms with Crippen LogP contribution >= 0.6 is 11.3 Å². The van der Waals surface area contributed by atoms with Gasteiger partial charge in [-0.1, -0.05) is 44.2 Å². The molecular weight excluding hydrogens is 381 g/mol. The average molecular weight is 402 g/mol. The number of methoxy groups -OCH3 is 1. The average Bonchev–Trinajstić information content (AvgIpc) is 2.97. The van der Waals surface area contributed by atoms with Crippen LogP contribution < -0.4 is 15.4 Å². The van der Waals surface area contributed by atoms with Crippen LogP contribution in [0, 0.1) is 5.41 Å². The molecule has 0 spiro atoms. The standard InChI is InChI=1S/C17H21F3N4O2S/c1-16(2,3)13(17(18,19)20)21-14(25)22-15-24-23-12(27-15)9-10-6-5-7-11(8-10)26-4/h5-8,13H,9H2,1-4H3,(H2,21,22,24,25). The number of benzene rings is 1. The summed E-state index contributed by atoms with van der Waals surface area (Å²) in [6, 6.07) is 4.42. The molecule has 10 heteroatoms. The van der Waals surface area contributed by atoms with Crippen LogP contribution in [0.5, 0.6) is 5.75 Å². The lowest BCUT2D eigenvalue weighted by molar-refractivity contribution is -0.174. The maximum atomic E-state index is 13.1. The van der Waals surface area contributed by atoms with Crippen LogP contribution in [0.3, 0.4) is 0 Å². The largest absolute Gasteiger partial charge is 0.497 e. The molecule has 1 aromatic heterocycles. The highest BCUT2D eigenvalue weighted by Gasteiger charge is 2.47. The summed E-state index contributed by atoms with van der Waals surface area (Å²) in [6.07, 6.45) is -4.10. The van der Waals surface area contributed by atoms with E-state index in [1.807, 2.05) is 29.6 Å². The van der Waals surface area contributed by atoms with Gasteiger partial charge < -0.3 is 10.1 Å². The van der Waals surface area contributed by atoms with Gasteiger partial charge >= 0.3 is 12.2 Å².